The van der Waals surface area contributed by atoms with E-state index >= 15 is 0 Å². The first-order chi connectivity index (χ1) is 20.8. The second-order valence-electron chi connectivity index (χ2n) is 13.0. The number of benzene rings is 3. The normalized spacial score (nSPS) is 23.3. The van der Waals surface area contributed by atoms with Crippen molar-refractivity contribution in [2.45, 2.75) is 75.5 Å². The van der Waals surface area contributed by atoms with Crippen LogP contribution in [0.4, 0.5) is 5.69 Å². The van der Waals surface area contributed by atoms with Crippen LogP contribution in [-0.2, 0) is 0 Å². The summed E-state index contributed by atoms with van der Waals surface area (Å²) in [6.07, 6.45) is 9.31. The molecule has 6 rings (SSSR count). The maximum Gasteiger partial charge on any atom is 0.336 e. The Kier molecular flexibility index (Phi) is 8.55. The number of nitrogens with one attached hydrogen (secondary N) is 2. The summed E-state index contributed by atoms with van der Waals surface area (Å²) >= 11 is 0. The molecule has 0 atom stereocenters. The molecule has 2 aromatic rings. The number of rotatable bonds is 7. The molecule has 226 valence electrons. The van der Waals surface area contributed by atoms with Gasteiger partial charge in [-0.3, -0.25) is 0 Å². The number of carboxylic acids is 1. The summed E-state index contributed by atoms with van der Waals surface area (Å²) in [6, 6.07) is 22.0. The molecular formula is C36H45N4O3+. The second kappa shape index (κ2) is 12.5. The minimum Gasteiger partial charge on any atom is -0.478 e. The largest absolute Gasteiger partial charge is 0.478 e. The molecule has 1 aliphatic heterocycles. The van der Waals surface area contributed by atoms with Gasteiger partial charge in [0.2, 0.25) is 5.36 Å². The fourth-order valence-electron chi connectivity index (χ4n) is 7.19. The molecule has 7 nitrogen and oxygen atoms in total. The quantitative estimate of drug-likeness (QED) is 0.265. The van der Waals surface area contributed by atoms with Crippen molar-refractivity contribution < 1.29 is 19.3 Å². The van der Waals surface area contributed by atoms with Gasteiger partial charge in [-0.15, -0.1) is 0 Å². The first kappa shape index (κ1) is 29.4. The Balaban J connectivity index is 1.40. The van der Waals surface area contributed by atoms with Gasteiger partial charge in [0, 0.05) is 65.3 Å². The number of hydrogen-bond acceptors (Lipinski definition) is 5. The van der Waals surface area contributed by atoms with Crippen molar-refractivity contribution >= 4 is 22.6 Å². The van der Waals surface area contributed by atoms with E-state index in [2.05, 4.69) is 84.7 Å². The van der Waals surface area contributed by atoms with E-state index in [1.807, 2.05) is 12.1 Å². The maximum atomic E-state index is 12.3. The minimum absolute atomic E-state index is 0.288. The van der Waals surface area contributed by atoms with E-state index in [0.717, 1.165) is 64.6 Å². The minimum atomic E-state index is -0.934. The van der Waals surface area contributed by atoms with E-state index < -0.39 is 5.97 Å². The van der Waals surface area contributed by atoms with Crippen molar-refractivity contribution in [3.8, 4) is 22.5 Å². The van der Waals surface area contributed by atoms with Crippen LogP contribution in [0.2, 0.25) is 0 Å². The van der Waals surface area contributed by atoms with Crippen LogP contribution in [0.5, 0.6) is 0 Å². The summed E-state index contributed by atoms with van der Waals surface area (Å²) in [7, 11) is 8.68. The van der Waals surface area contributed by atoms with Crippen LogP contribution >= 0.6 is 0 Å². The smallest absolute Gasteiger partial charge is 0.336 e. The average Bonchev–Trinajstić information content (AvgIpc) is 3.00. The van der Waals surface area contributed by atoms with Gasteiger partial charge in [-0.25, -0.2) is 9.79 Å². The third-order valence-electron chi connectivity index (χ3n) is 9.74. The van der Waals surface area contributed by atoms with Crippen LogP contribution in [0.3, 0.4) is 0 Å². The lowest BCUT2D eigenvalue weighted by atomic mass is 9.89. The zero-order valence-electron chi connectivity index (χ0n) is 25.9. The van der Waals surface area contributed by atoms with Crippen molar-refractivity contribution in [2.75, 3.05) is 33.5 Å². The zero-order valence-corrected chi connectivity index (χ0v) is 25.9. The molecule has 0 unspecified atom stereocenters. The molecule has 0 aromatic heterocycles. The Bertz CT molecular complexity index is 1630. The van der Waals surface area contributed by atoms with Gasteiger partial charge in [0.05, 0.1) is 11.6 Å². The lowest BCUT2D eigenvalue weighted by Crippen LogP contribution is -2.83. The molecule has 4 aliphatic rings. The monoisotopic (exact) mass is 581 g/mol. The number of carbonyl (C=O) groups is 1. The molecule has 2 aromatic carbocycles. The van der Waals surface area contributed by atoms with Gasteiger partial charge in [0.15, 0.2) is 6.04 Å². The molecule has 0 bridgehead atoms. The van der Waals surface area contributed by atoms with Gasteiger partial charge in [0.1, 0.15) is 11.3 Å². The summed E-state index contributed by atoms with van der Waals surface area (Å²) in [5, 5.41) is 15.8. The van der Waals surface area contributed by atoms with E-state index in [1.54, 1.807) is 12.1 Å². The molecule has 0 radical (unpaired) electrons. The molecule has 3 aliphatic carbocycles. The lowest BCUT2D eigenvalue weighted by Gasteiger charge is -2.33. The highest BCUT2D eigenvalue weighted by atomic mass is 16.4. The Morgan fingerprint density at radius 1 is 0.814 bits per heavy atom. The summed E-state index contributed by atoms with van der Waals surface area (Å²) < 4.78 is 6.62. The van der Waals surface area contributed by atoms with E-state index in [0.29, 0.717) is 29.7 Å². The number of aromatic carboxylic acids is 1. The van der Waals surface area contributed by atoms with E-state index in [4.69, 9.17) is 4.42 Å². The van der Waals surface area contributed by atoms with Crippen LogP contribution in [0.1, 0.15) is 61.7 Å². The van der Waals surface area contributed by atoms with Crippen molar-refractivity contribution in [1.82, 2.24) is 9.80 Å². The van der Waals surface area contributed by atoms with Crippen LogP contribution in [-0.4, -0.2) is 73.2 Å². The Hall–Kier alpha value is -3.68. The predicted molar refractivity (Wildman–Crippen MR) is 172 cm³/mol. The highest BCUT2D eigenvalue weighted by molar-refractivity contribution is 6.07. The molecular weight excluding hydrogens is 536 g/mol. The topological polar surface area (TPSA) is 82.9 Å². The van der Waals surface area contributed by atoms with E-state index in [1.165, 1.54) is 25.7 Å². The van der Waals surface area contributed by atoms with Gasteiger partial charge in [-0.05, 0) is 96.5 Å². The number of nitrogens with zero attached hydrogens (tertiary/aromatic N) is 2. The van der Waals surface area contributed by atoms with Crippen LogP contribution in [0.15, 0.2) is 65.1 Å². The van der Waals surface area contributed by atoms with Gasteiger partial charge in [-0.1, -0.05) is 18.2 Å². The molecule has 2 saturated carbocycles. The summed E-state index contributed by atoms with van der Waals surface area (Å²) in [5.74, 6) is -0.186. The van der Waals surface area contributed by atoms with Gasteiger partial charge in [-0.2, -0.15) is 0 Å². The van der Waals surface area contributed by atoms with Crippen LogP contribution in [0, 0.1) is 0 Å². The molecule has 2 fully saturated rings. The third-order valence-corrected chi connectivity index (χ3v) is 9.74. The van der Waals surface area contributed by atoms with Crippen molar-refractivity contribution in [2.24, 2.45) is 0 Å². The lowest BCUT2D eigenvalue weighted by molar-refractivity contribution is -0.547. The number of carboxylic acid groups (broad SMARTS) is 1. The fourth-order valence-corrected chi connectivity index (χ4v) is 7.19. The SMILES string of the molecule is CN(C)C1CCC(Nc2ccc3c(-c4ccccc4C(=O)O)c4ccc(=[NH+]C5CCC(N(C)C)CC5)cc-4oc3c2)CC1. The summed E-state index contributed by atoms with van der Waals surface area (Å²) in [6.45, 7) is 0. The third kappa shape index (κ3) is 6.34. The Morgan fingerprint density at radius 2 is 1.49 bits per heavy atom. The standard InChI is InChI=1S/C36H44N4O3/c1-39(2)27-15-9-23(10-16-27)37-25-13-19-31-33(21-25)43-34-22-26(38-24-11-17-28(18-12-24)40(3)4)14-20-32(34)35(31)29-7-5-6-8-30(29)36(41)42/h5-8,13-14,19-24,27-28,37H,9-12,15-18H2,1-4H3,(H,41,42)/p+1. The second-order valence-corrected chi connectivity index (χ2v) is 13.0. The van der Waals surface area contributed by atoms with Crippen molar-refractivity contribution in [3.05, 3.63) is 71.6 Å². The first-order valence-corrected chi connectivity index (χ1v) is 15.8. The first-order valence-electron chi connectivity index (χ1n) is 15.8. The molecule has 0 spiro atoms. The van der Waals surface area contributed by atoms with Crippen molar-refractivity contribution in [3.63, 3.8) is 0 Å². The highest BCUT2D eigenvalue weighted by Crippen LogP contribution is 2.42. The Morgan fingerprint density at radius 3 is 2.16 bits per heavy atom. The molecule has 1 heterocycles. The molecule has 0 saturated heterocycles. The van der Waals surface area contributed by atoms with Crippen molar-refractivity contribution in [1.29, 1.82) is 0 Å². The maximum absolute atomic E-state index is 12.3. The number of hydrogen-bond donors (Lipinski definition) is 3. The molecule has 43 heavy (non-hydrogen) atoms. The van der Waals surface area contributed by atoms with Crippen LogP contribution < -0.4 is 15.7 Å². The number of anilines is 1. The van der Waals surface area contributed by atoms with E-state index in [9.17, 15) is 9.90 Å². The molecule has 7 heteroatoms. The van der Waals surface area contributed by atoms with E-state index in [-0.39, 0.29) is 5.56 Å². The average molecular weight is 582 g/mol. The van der Waals surface area contributed by atoms with Gasteiger partial charge in [0.25, 0.3) is 0 Å². The summed E-state index contributed by atoms with van der Waals surface area (Å²) in [5.41, 5.74) is 4.57. The predicted octanol–water partition coefficient (Wildman–Crippen LogP) is 5.04. The summed E-state index contributed by atoms with van der Waals surface area (Å²) in [4.78, 5) is 20.7. The van der Waals surface area contributed by atoms with Gasteiger partial charge >= 0.3 is 5.97 Å². The highest BCUT2D eigenvalue weighted by Gasteiger charge is 2.26. The fraction of sp³-hybridized carbons (Fsp3) is 0.444. The molecule has 0 amide bonds. The van der Waals surface area contributed by atoms with Crippen LogP contribution in [0.25, 0.3) is 33.4 Å². The Labute approximate surface area is 254 Å². The zero-order chi connectivity index (χ0) is 30.1. The molecule has 3 N–H and O–H groups in total. The van der Waals surface area contributed by atoms with Gasteiger partial charge < -0.3 is 24.6 Å². The number of fused-ring (bicyclic) bond motifs is 2.